The summed E-state index contributed by atoms with van der Waals surface area (Å²) in [6, 6.07) is 16.4. The number of aryl methyl sites for hydroxylation is 1. The normalized spacial score (nSPS) is 14.4. The molecule has 0 bridgehead atoms. The molecule has 0 aromatic heterocycles. The van der Waals surface area contributed by atoms with Gasteiger partial charge < -0.3 is 15.0 Å². The lowest BCUT2D eigenvalue weighted by Gasteiger charge is -2.30. The lowest BCUT2D eigenvalue weighted by atomic mass is 10.2. The zero-order valence-corrected chi connectivity index (χ0v) is 15.3. The molecule has 1 amide bonds. The second-order valence-electron chi connectivity index (χ2n) is 6.15. The number of thioether (sulfide) groups is 1. The number of nitrogens with zero attached hydrogens (tertiary/aromatic N) is 1. The van der Waals surface area contributed by atoms with Gasteiger partial charge in [0.1, 0.15) is 0 Å². The Morgan fingerprint density at radius 1 is 1.16 bits per heavy atom. The van der Waals surface area contributed by atoms with Crippen LogP contribution in [0.15, 0.2) is 48.5 Å². The van der Waals surface area contributed by atoms with Crippen LogP contribution in [0.3, 0.4) is 0 Å². The summed E-state index contributed by atoms with van der Waals surface area (Å²) in [7, 11) is 0. The van der Waals surface area contributed by atoms with Crippen molar-refractivity contribution in [1.82, 2.24) is 0 Å². The maximum atomic E-state index is 12.3. The van der Waals surface area contributed by atoms with Crippen LogP contribution >= 0.6 is 11.8 Å². The van der Waals surface area contributed by atoms with Gasteiger partial charge in [0.25, 0.3) is 0 Å². The van der Waals surface area contributed by atoms with E-state index < -0.39 is 0 Å². The van der Waals surface area contributed by atoms with Crippen LogP contribution in [0.25, 0.3) is 0 Å². The fourth-order valence-corrected chi connectivity index (χ4v) is 3.68. The van der Waals surface area contributed by atoms with E-state index in [9.17, 15) is 4.79 Å². The molecule has 1 N–H and O–H groups in total. The highest BCUT2D eigenvalue weighted by Crippen LogP contribution is 2.26. The smallest absolute Gasteiger partial charge is 0.234 e. The Balaban J connectivity index is 1.54. The lowest BCUT2D eigenvalue weighted by Crippen LogP contribution is -2.36. The van der Waals surface area contributed by atoms with E-state index in [4.69, 9.17) is 4.74 Å². The minimum absolute atomic E-state index is 0.0402. The summed E-state index contributed by atoms with van der Waals surface area (Å²) in [6.07, 6.45) is 0. The molecule has 132 valence electrons. The number of hydrogen-bond acceptors (Lipinski definition) is 4. The maximum absolute atomic E-state index is 12.3. The van der Waals surface area contributed by atoms with E-state index in [-0.39, 0.29) is 5.91 Å². The number of carbonyl (C=O) groups excluding carboxylic acids is 1. The van der Waals surface area contributed by atoms with Crippen LogP contribution in [0.4, 0.5) is 11.4 Å². The minimum atomic E-state index is 0.0402. The third-order valence-electron chi connectivity index (χ3n) is 4.11. The first-order valence-electron chi connectivity index (χ1n) is 8.57. The van der Waals surface area contributed by atoms with Crippen molar-refractivity contribution < 1.29 is 9.53 Å². The Bertz CT molecular complexity index is 714. The summed E-state index contributed by atoms with van der Waals surface area (Å²) in [5.41, 5.74) is 4.46. The van der Waals surface area contributed by atoms with E-state index >= 15 is 0 Å². The van der Waals surface area contributed by atoms with Crippen molar-refractivity contribution in [3.05, 3.63) is 59.7 Å². The van der Waals surface area contributed by atoms with Crippen molar-refractivity contribution >= 4 is 29.0 Å². The first kappa shape index (κ1) is 17.8. The van der Waals surface area contributed by atoms with Crippen molar-refractivity contribution in [1.29, 1.82) is 0 Å². The number of amides is 1. The molecule has 3 rings (SSSR count). The molecule has 1 fully saturated rings. The third kappa shape index (κ3) is 5.25. The molecule has 1 aliphatic heterocycles. The van der Waals surface area contributed by atoms with E-state index in [0.29, 0.717) is 5.75 Å². The van der Waals surface area contributed by atoms with Gasteiger partial charge in [-0.3, -0.25) is 4.79 Å². The van der Waals surface area contributed by atoms with Crippen molar-refractivity contribution in [2.24, 2.45) is 0 Å². The Morgan fingerprint density at radius 2 is 1.96 bits per heavy atom. The van der Waals surface area contributed by atoms with Gasteiger partial charge >= 0.3 is 0 Å². The van der Waals surface area contributed by atoms with Gasteiger partial charge in [-0.15, -0.1) is 11.8 Å². The SMILES string of the molecule is Cc1cccc(CSCC(=O)Nc2ccccc2N2CCOCC2)c1. The Kier molecular flexibility index (Phi) is 6.36. The number of hydrogen-bond donors (Lipinski definition) is 1. The third-order valence-corrected chi connectivity index (χ3v) is 5.12. The summed E-state index contributed by atoms with van der Waals surface area (Å²) >= 11 is 1.64. The summed E-state index contributed by atoms with van der Waals surface area (Å²) in [4.78, 5) is 14.6. The van der Waals surface area contributed by atoms with Crippen LogP contribution in [0, 0.1) is 6.92 Å². The molecule has 0 radical (unpaired) electrons. The number of rotatable bonds is 6. The van der Waals surface area contributed by atoms with Gasteiger partial charge in [-0.25, -0.2) is 0 Å². The molecule has 2 aromatic carbocycles. The van der Waals surface area contributed by atoms with Crippen LogP contribution in [0.1, 0.15) is 11.1 Å². The highest BCUT2D eigenvalue weighted by atomic mass is 32.2. The van der Waals surface area contributed by atoms with Crippen LogP contribution < -0.4 is 10.2 Å². The number of ether oxygens (including phenoxy) is 1. The van der Waals surface area contributed by atoms with E-state index in [0.717, 1.165) is 43.4 Å². The predicted molar refractivity (Wildman–Crippen MR) is 105 cm³/mol. The van der Waals surface area contributed by atoms with Gasteiger partial charge in [-0.1, -0.05) is 42.0 Å². The van der Waals surface area contributed by atoms with Crippen LogP contribution in [0.5, 0.6) is 0 Å². The molecule has 1 heterocycles. The Morgan fingerprint density at radius 3 is 2.76 bits per heavy atom. The summed E-state index contributed by atoms with van der Waals surface area (Å²) < 4.78 is 5.41. The number of carbonyl (C=O) groups is 1. The van der Waals surface area contributed by atoms with E-state index in [1.54, 1.807) is 11.8 Å². The molecule has 1 saturated heterocycles. The molecule has 0 unspecified atom stereocenters. The second kappa shape index (κ2) is 8.92. The second-order valence-corrected chi connectivity index (χ2v) is 7.13. The number of morpholine rings is 1. The number of nitrogens with one attached hydrogen (secondary N) is 1. The largest absolute Gasteiger partial charge is 0.378 e. The van der Waals surface area contributed by atoms with E-state index in [2.05, 4.69) is 47.5 Å². The molecule has 25 heavy (non-hydrogen) atoms. The molecule has 2 aromatic rings. The fourth-order valence-electron chi connectivity index (χ4n) is 2.91. The zero-order chi connectivity index (χ0) is 17.5. The molecule has 0 aliphatic carbocycles. The Labute approximate surface area is 153 Å². The summed E-state index contributed by atoms with van der Waals surface area (Å²) in [5.74, 6) is 1.34. The van der Waals surface area contributed by atoms with Crippen molar-refractivity contribution in [2.45, 2.75) is 12.7 Å². The molecule has 5 heteroatoms. The molecule has 4 nitrogen and oxygen atoms in total. The highest BCUT2D eigenvalue weighted by Gasteiger charge is 2.15. The zero-order valence-electron chi connectivity index (χ0n) is 14.5. The van der Waals surface area contributed by atoms with Crippen molar-refractivity contribution in [2.75, 3.05) is 42.3 Å². The van der Waals surface area contributed by atoms with Crippen LogP contribution in [-0.4, -0.2) is 38.0 Å². The molecule has 0 spiro atoms. The molecule has 0 saturated carbocycles. The lowest BCUT2D eigenvalue weighted by molar-refractivity contribution is -0.113. The van der Waals surface area contributed by atoms with Crippen LogP contribution in [0.2, 0.25) is 0 Å². The van der Waals surface area contributed by atoms with Crippen molar-refractivity contribution in [3.63, 3.8) is 0 Å². The summed E-state index contributed by atoms with van der Waals surface area (Å²) in [6.45, 7) is 5.26. The topological polar surface area (TPSA) is 41.6 Å². The molecular weight excluding hydrogens is 332 g/mol. The maximum Gasteiger partial charge on any atom is 0.234 e. The summed E-state index contributed by atoms with van der Waals surface area (Å²) in [5, 5.41) is 3.06. The van der Waals surface area contributed by atoms with Crippen molar-refractivity contribution in [3.8, 4) is 0 Å². The minimum Gasteiger partial charge on any atom is -0.378 e. The fraction of sp³-hybridized carbons (Fsp3) is 0.350. The average molecular weight is 356 g/mol. The quantitative estimate of drug-likeness (QED) is 0.857. The van der Waals surface area contributed by atoms with E-state index in [1.165, 1.54) is 11.1 Å². The van der Waals surface area contributed by atoms with Gasteiger partial charge in [0, 0.05) is 18.8 Å². The van der Waals surface area contributed by atoms with Crippen LogP contribution in [-0.2, 0) is 15.3 Å². The molecule has 0 atom stereocenters. The monoisotopic (exact) mass is 356 g/mol. The van der Waals surface area contributed by atoms with E-state index in [1.807, 2.05) is 18.2 Å². The average Bonchev–Trinajstić information content (AvgIpc) is 2.63. The standard InChI is InChI=1S/C20H24N2O2S/c1-16-5-4-6-17(13-16)14-25-15-20(23)21-18-7-2-3-8-19(18)22-9-11-24-12-10-22/h2-8,13H,9-12,14-15H2,1H3,(H,21,23). The van der Waals surface area contributed by atoms with Gasteiger partial charge in [0.2, 0.25) is 5.91 Å². The van der Waals surface area contributed by atoms with Gasteiger partial charge in [0.15, 0.2) is 0 Å². The molecular formula is C20H24N2O2S. The first-order chi connectivity index (χ1) is 12.2. The van der Waals surface area contributed by atoms with Gasteiger partial charge in [0.05, 0.1) is 30.3 Å². The first-order valence-corrected chi connectivity index (χ1v) is 9.73. The predicted octanol–water partition coefficient (Wildman–Crippen LogP) is 3.70. The number of benzene rings is 2. The number of para-hydroxylation sites is 2. The van der Waals surface area contributed by atoms with Gasteiger partial charge in [-0.2, -0.15) is 0 Å². The number of anilines is 2. The highest BCUT2D eigenvalue weighted by molar-refractivity contribution is 7.99. The Hall–Kier alpha value is -1.98. The van der Waals surface area contributed by atoms with Gasteiger partial charge in [-0.05, 0) is 24.6 Å². The molecule has 1 aliphatic rings.